The van der Waals surface area contributed by atoms with E-state index in [1.807, 2.05) is 18.2 Å². The lowest BCUT2D eigenvalue weighted by Gasteiger charge is -2.08. The van der Waals surface area contributed by atoms with E-state index in [0.29, 0.717) is 11.5 Å². The number of methoxy groups -OCH3 is 1. The highest BCUT2D eigenvalue weighted by Crippen LogP contribution is 2.26. The second-order valence-electron chi connectivity index (χ2n) is 4.23. The van der Waals surface area contributed by atoms with E-state index in [9.17, 15) is 0 Å². The highest BCUT2D eigenvalue weighted by Gasteiger charge is 2.00. The number of hydrogen-bond donors (Lipinski definition) is 1. The second kappa shape index (κ2) is 7.37. The third-order valence-electron chi connectivity index (χ3n) is 2.76. The van der Waals surface area contributed by atoms with Crippen LogP contribution in [0.15, 0.2) is 60.3 Å². The molecule has 0 aromatic heterocycles. The number of benzene rings is 2. The summed E-state index contributed by atoms with van der Waals surface area (Å²) in [6.45, 7) is 0. The molecule has 0 unspecified atom stereocenters. The fourth-order valence-corrected chi connectivity index (χ4v) is 1.67. The van der Waals surface area contributed by atoms with E-state index in [4.69, 9.17) is 20.0 Å². The summed E-state index contributed by atoms with van der Waals surface area (Å²) in [5, 5.41) is 20.2. The van der Waals surface area contributed by atoms with Crippen molar-refractivity contribution in [2.24, 2.45) is 0 Å². The third-order valence-corrected chi connectivity index (χ3v) is 2.76. The lowest BCUT2D eigenvalue weighted by atomic mass is 10.3. The SMILES string of the molecule is COc1cccc(Oc2ccc(NC=C(C#N)C#N)cc2)c1. The molecule has 108 valence electrons. The van der Waals surface area contributed by atoms with E-state index >= 15 is 0 Å². The Bertz CT molecular complexity index is 737. The van der Waals surface area contributed by atoms with Gasteiger partial charge < -0.3 is 14.8 Å². The molecule has 2 aromatic carbocycles. The summed E-state index contributed by atoms with van der Waals surface area (Å²) in [7, 11) is 1.60. The van der Waals surface area contributed by atoms with Crippen LogP contribution in [0, 0.1) is 22.7 Å². The van der Waals surface area contributed by atoms with Crippen molar-refractivity contribution < 1.29 is 9.47 Å². The summed E-state index contributed by atoms with van der Waals surface area (Å²) >= 11 is 0. The fraction of sp³-hybridized carbons (Fsp3) is 0.0588. The molecular formula is C17H13N3O2. The van der Waals surface area contributed by atoms with Crippen molar-refractivity contribution in [1.82, 2.24) is 0 Å². The van der Waals surface area contributed by atoms with E-state index in [1.54, 1.807) is 49.6 Å². The van der Waals surface area contributed by atoms with Crippen molar-refractivity contribution in [3.63, 3.8) is 0 Å². The first-order valence-electron chi connectivity index (χ1n) is 6.44. The molecule has 0 bridgehead atoms. The van der Waals surface area contributed by atoms with Crippen LogP contribution in [0.1, 0.15) is 0 Å². The van der Waals surface area contributed by atoms with E-state index in [-0.39, 0.29) is 5.57 Å². The number of ether oxygens (including phenoxy) is 2. The number of allylic oxidation sites excluding steroid dienone is 1. The molecule has 0 atom stereocenters. The third kappa shape index (κ3) is 4.03. The lowest BCUT2D eigenvalue weighted by Crippen LogP contribution is -1.90. The molecule has 0 radical (unpaired) electrons. The van der Waals surface area contributed by atoms with Crippen molar-refractivity contribution in [1.29, 1.82) is 10.5 Å². The van der Waals surface area contributed by atoms with Gasteiger partial charge in [0, 0.05) is 18.0 Å². The van der Waals surface area contributed by atoms with Crippen molar-refractivity contribution in [3.05, 3.63) is 60.3 Å². The van der Waals surface area contributed by atoms with E-state index in [0.717, 1.165) is 11.4 Å². The summed E-state index contributed by atoms with van der Waals surface area (Å²) in [6.07, 6.45) is 1.36. The Kier molecular flexibility index (Phi) is 5.01. The highest BCUT2D eigenvalue weighted by molar-refractivity contribution is 5.51. The van der Waals surface area contributed by atoms with Gasteiger partial charge in [-0.05, 0) is 36.4 Å². The van der Waals surface area contributed by atoms with Crippen LogP contribution in [0.25, 0.3) is 0 Å². The largest absolute Gasteiger partial charge is 0.497 e. The summed E-state index contributed by atoms with van der Waals surface area (Å²) in [6, 6.07) is 18.0. The number of rotatable bonds is 5. The Morgan fingerprint density at radius 3 is 2.32 bits per heavy atom. The summed E-state index contributed by atoms with van der Waals surface area (Å²) in [4.78, 5) is 0. The van der Waals surface area contributed by atoms with Crippen LogP contribution < -0.4 is 14.8 Å². The minimum Gasteiger partial charge on any atom is -0.497 e. The molecule has 0 spiro atoms. The Morgan fingerprint density at radius 1 is 1.00 bits per heavy atom. The number of nitrogens with zero attached hydrogens (tertiary/aromatic N) is 2. The first-order valence-corrected chi connectivity index (χ1v) is 6.44. The second-order valence-corrected chi connectivity index (χ2v) is 4.23. The van der Waals surface area contributed by atoms with Crippen molar-refractivity contribution in [3.8, 4) is 29.4 Å². The van der Waals surface area contributed by atoms with E-state index < -0.39 is 0 Å². The topological polar surface area (TPSA) is 78.1 Å². The van der Waals surface area contributed by atoms with Gasteiger partial charge in [0.05, 0.1) is 7.11 Å². The molecule has 0 aliphatic heterocycles. The van der Waals surface area contributed by atoms with Gasteiger partial charge in [-0.25, -0.2) is 0 Å². The van der Waals surface area contributed by atoms with Crippen LogP contribution >= 0.6 is 0 Å². The minimum absolute atomic E-state index is 0.0108. The molecule has 22 heavy (non-hydrogen) atoms. The molecule has 5 heteroatoms. The maximum atomic E-state index is 8.64. The smallest absolute Gasteiger partial charge is 0.145 e. The van der Waals surface area contributed by atoms with Gasteiger partial charge in [-0.1, -0.05) is 6.07 Å². The molecule has 0 saturated heterocycles. The Labute approximate surface area is 128 Å². The van der Waals surface area contributed by atoms with Crippen molar-refractivity contribution >= 4 is 5.69 Å². The first kappa shape index (κ1) is 15.0. The molecule has 2 aromatic rings. The van der Waals surface area contributed by atoms with Gasteiger partial charge in [-0.15, -0.1) is 0 Å². The van der Waals surface area contributed by atoms with Gasteiger partial charge in [-0.3, -0.25) is 0 Å². The summed E-state index contributed by atoms with van der Waals surface area (Å²) < 4.78 is 10.9. The molecule has 0 saturated carbocycles. The van der Waals surface area contributed by atoms with Gasteiger partial charge in [0.25, 0.3) is 0 Å². The Morgan fingerprint density at radius 2 is 1.68 bits per heavy atom. The molecule has 0 aliphatic rings. The molecule has 5 nitrogen and oxygen atoms in total. The van der Waals surface area contributed by atoms with Crippen LogP contribution in [-0.4, -0.2) is 7.11 Å². The normalized spacial score (nSPS) is 9.05. The monoisotopic (exact) mass is 291 g/mol. The molecule has 0 amide bonds. The van der Waals surface area contributed by atoms with Crippen LogP contribution in [0.4, 0.5) is 5.69 Å². The number of hydrogen-bond acceptors (Lipinski definition) is 5. The number of nitrogens with one attached hydrogen (secondary N) is 1. The zero-order valence-corrected chi connectivity index (χ0v) is 11.9. The van der Waals surface area contributed by atoms with Crippen LogP contribution in [0.3, 0.4) is 0 Å². The van der Waals surface area contributed by atoms with Gasteiger partial charge in [-0.2, -0.15) is 10.5 Å². The molecule has 0 fully saturated rings. The minimum atomic E-state index is 0.0108. The van der Waals surface area contributed by atoms with Crippen LogP contribution in [-0.2, 0) is 0 Å². The first-order chi connectivity index (χ1) is 10.7. The molecular weight excluding hydrogens is 278 g/mol. The van der Waals surface area contributed by atoms with Gasteiger partial charge in [0.15, 0.2) is 0 Å². The average Bonchev–Trinajstić information content (AvgIpc) is 2.57. The molecule has 0 heterocycles. The van der Waals surface area contributed by atoms with Crippen molar-refractivity contribution in [2.75, 3.05) is 12.4 Å². The maximum Gasteiger partial charge on any atom is 0.145 e. The molecule has 1 N–H and O–H groups in total. The zero-order chi connectivity index (χ0) is 15.8. The standard InChI is InChI=1S/C17H13N3O2/c1-21-16-3-2-4-17(9-16)22-15-7-5-14(6-8-15)20-12-13(10-18)11-19/h2-9,12,20H,1H3. The Balaban J connectivity index is 2.04. The van der Waals surface area contributed by atoms with E-state index in [1.165, 1.54) is 6.20 Å². The van der Waals surface area contributed by atoms with Gasteiger partial charge in [0.1, 0.15) is 35.0 Å². The quantitative estimate of drug-likeness (QED) is 0.847. The highest BCUT2D eigenvalue weighted by atomic mass is 16.5. The predicted octanol–water partition coefficient (Wildman–Crippen LogP) is 3.83. The predicted molar refractivity (Wildman–Crippen MR) is 82.4 cm³/mol. The van der Waals surface area contributed by atoms with Crippen LogP contribution in [0.2, 0.25) is 0 Å². The molecule has 2 rings (SSSR count). The lowest BCUT2D eigenvalue weighted by molar-refractivity contribution is 0.409. The van der Waals surface area contributed by atoms with Crippen LogP contribution in [0.5, 0.6) is 17.2 Å². The fourth-order valence-electron chi connectivity index (χ4n) is 1.67. The maximum absolute atomic E-state index is 8.64. The Hall–Kier alpha value is -3.44. The summed E-state index contributed by atoms with van der Waals surface area (Å²) in [5.41, 5.74) is 0.762. The van der Waals surface area contributed by atoms with Gasteiger partial charge in [0.2, 0.25) is 0 Å². The summed E-state index contributed by atoms with van der Waals surface area (Å²) in [5.74, 6) is 2.07. The number of nitriles is 2. The molecule has 0 aliphatic carbocycles. The average molecular weight is 291 g/mol. The van der Waals surface area contributed by atoms with Crippen molar-refractivity contribution in [2.45, 2.75) is 0 Å². The zero-order valence-electron chi connectivity index (χ0n) is 11.9. The number of anilines is 1. The van der Waals surface area contributed by atoms with E-state index in [2.05, 4.69) is 5.32 Å². The van der Waals surface area contributed by atoms with Gasteiger partial charge >= 0.3 is 0 Å².